The summed E-state index contributed by atoms with van der Waals surface area (Å²) in [4.78, 5) is 15.0. The van der Waals surface area contributed by atoms with Crippen LogP contribution in [0.25, 0.3) is 0 Å². The molecule has 6 aliphatic carbocycles. The molecular weight excluding hydrogens is 609 g/mol. The van der Waals surface area contributed by atoms with Crippen LogP contribution in [0.3, 0.4) is 0 Å². The van der Waals surface area contributed by atoms with E-state index in [4.69, 9.17) is 9.59 Å². The number of rotatable bonds is 6. The minimum atomic E-state index is 0. The van der Waals surface area contributed by atoms with E-state index in [1.54, 1.807) is 154 Å². The Bertz CT molecular complexity index is 503. The summed E-state index contributed by atoms with van der Waals surface area (Å²) in [6.45, 7) is 9.00. The molecule has 0 saturated heterocycles. The molecule has 4 radical (unpaired) electrons. The van der Waals surface area contributed by atoms with Gasteiger partial charge in [-0.15, -0.1) is 0 Å². The van der Waals surface area contributed by atoms with E-state index in [-0.39, 0.29) is 16.5 Å². The molecule has 0 bridgehead atoms. The van der Waals surface area contributed by atoms with Crippen LogP contribution in [0.1, 0.15) is 193 Å². The fraction of sp³-hybridized carbons (Fsp3) is 0.947. The summed E-state index contributed by atoms with van der Waals surface area (Å²) < 4.78 is 0. The van der Waals surface area contributed by atoms with Crippen LogP contribution in [0, 0.1) is 0 Å². The van der Waals surface area contributed by atoms with Gasteiger partial charge in [-0.25, -0.2) is 0 Å². The Hall–Kier alpha value is 0.694. The second-order valence-electron chi connectivity index (χ2n) is 14.6. The molecule has 0 heterocycles. The molecule has 6 aliphatic rings. The zero-order chi connectivity index (χ0) is 29.8. The first-order valence-electron chi connectivity index (χ1n) is 18.9. The maximum atomic E-state index is 7.50. The van der Waals surface area contributed by atoms with Crippen molar-refractivity contribution >= 4 is 29.4 Å². The number of hydrogen-bond acceptors (Lipinski definition) is 2. The van der Waals surface area contributed by atoms with Crippen LogP contribution in [-0.2, 0) is 26.1 Å². The van der Waals surface area contributed by atoms with Gasteiger partial charge in [-0.1, -0.05) is 131 Å². The summed E-state index contributed by atoms with van der Waals surface area (Å²) in [5.74, 6) is 0. The van der Waals surface area contributed by atoms with Crippen LogP contribution in [0.4, 0.5) is 0 Å². The normalized spacial score (nSPS) is 25.7. The quantitative estimate of drug-likeness (QED) is 0.207. The fourth-order valence-electron chi connectivity index (χ4n) is 10.1. The van der Waals surface area contributed by atoms with Crippen LogP contribution in [0.15, 0.2) is 0 Å². The van der Waals surface area contributed by atoms with Gasteiger partial charge in [0.1, 0.15) is 0 Å². The van der Waals surface area contributed by atoms with Crippen LogP contribution in [0.5, 0.6) is 0 Å². The van der Waals surface area contributed by atoms with Gasteiger partial charge < -0.3 is 0 Å². The summed E-state index contributed by atoms with van der Waals surface area (Å²) in [7, 11) is 0.770. The molecule has 0 atom stereocenters. The predicted molar refractivity (Wildman–Crippen MR) is 186 cm³/mol. The van der Waals surface area contributed by atoms with Gasteiger partial charge in [0, 0.05) is 16.5 Å². The third kappa shape index (κ3) is 13.4. The molecular formula is C38H66NiO2P2. The van der Waals surface area contributed by atoms with Gasteiger partial charge in [0.05, 0.1) is 0 Å². The first-order valence-corrected chi connectivity index (χ1v) is 22.0. The van der Waals surface area contributed by atoms with Crippen molar-refractivity contribution in [2.75, 3.05) is 0 Å². The van der Waals surface area contributed by atoms with Crippen molar-refractivity contribution in [2.24, 2.45) is 0 Å². The topological polar surface area (TPSA) is 34.1 Å². The van der Waals surface area contributed by atoms with Crippen molar-refractivity contribution in [1.82, 2.24) is 0 Å². The van der Waals surface area contributed by atoms with Crippen molar-refractivity contribution < 1.29 is 26.1 Å². The molecule has 2 nitrogen and oxygen atoms in total. The van der Waals surface area contributed by atoms with E-state index >= 15 is 0 Å². The standard InChI is InChI=1S/2C18H33P.2CO.Ni/c2*1-4-10-16(11-5-1)19(17-12-6-2-7-13-17)18-14-8-3-9-15-18;2*1-2;/h2*16-18H,1-15H2;;;. The van der Waals surface area contributed by atoms with E-state index in [1.807, 2.05) is 0 Å². The Morgan fingerprint density at radius 1 is 0.256 bits per heavy atom. The average Bonchev–Trinajstić information content (AvgIpc) is 3.10. The maximum Gasteiger partial charge on any atom is 0.281 e. The zero-order valence-corrected chi connectivity index (χ0v) is 30.5. The van der Waals surface area contributed by atoms with Crippen molar-refractivity contribution in [3.8, 4) is 0 Å². The van der Waals surface area contributed by atoms with Gasteiger partial charge in [0.15, 0.2) is 0 Å². The van der Waals surface area contributed by atoms with Gasteiger partial charge in [0.2, 0.25) is 0 Å². The van der Waals surface area contributed by atoms with E-state index < -0.39 is 0 Å². The largest absolute Gasteiger partial charge is 0.281 e. The molecule has 0 aromatic carbocycles. The van der Waals surface area contributed by atoms with Gasteiger partial charge in [-0.2, -0.15) is 0 Å². The van der Waals surface area contributed by atoms with Crippen molar-refractivity contribution in [2.45, 2.75) is 227 Å². The Kier molecular flexibility index (Phi) is 23.0. The zero-order valence-electron chi connectivity index (χ0n) is 27.7. The number of carbonyl (C=O) groups excluding carboxylic acids is 2. The average molecular weight is 676 g/mol. The van der Waals surface area contributed by atoms with E-state index in [1.165, 1.54) is 72.5 Å². The Labute approximate surface area is 281 Å². The molecule has 43 heavy (non-hydrogen) atoms. The first kappa shape index (κ1) is 39.9. The molecule has 0 spiro atoms. The number of hydrogen-bond donors (Lipinski definition) is 0. The second-order valence-corrected chi connectivity index (χ2v) is 20.8. The first-order chi connectivity index (χ1) is 20.9. The smallest absolute Gasteiger partial charge is 0.281 e. The summed E-state index contributed by atoms with van der Waals surface area (Å²) in [6, 6.07) is 0. The van der Waals surface area contributed by atoms with E-state index in [9.17, 15) is 0 Å². The van der Waals surface area contributed by atoms with Gasteiger partial charge in [-0.3, -0.25) is 9.59 Å². The van der Waals surface area contributed by atoms with E-state index in [2.05, 4.69) is 13.6 Å². The monoisotopic (exact) mass is 674 g/mol. The van der Waals surface area contributed by atoms with Gasteiger partial charge in [0.25, 0.3) is 13.6 Å². The summed E-state index contributed by atoms with van der Waals surface area (Å²) in [5, 5.41) is 0. The fourth-order valence-corrected chi connectivity index (χ4v) is 19.4. The second kappa shape index (κ2) is 24.8. The molecule has 250 valence electrons. The summed E-state index contributed by atoms with van der Waals surface area (Å²) >= 11 is 0. The Balaban J connectivity index is 0.000000264. The third-order valence-corrected chi connectivity index (χ3v) is 20.1. The molecule has 6 rings (SSSR count). The molecule has 0 unspecified atom stereocenters. The maximum absolute atomic E-state index is 7.50. The van der Waals surface area contributed by atoms with Crippen molar-refractivity contribution in [1.29, 1.82) is 0 Å². The van der Waals surface area contributed by atoms with Crippen molar-refractivity contribution in [3.05, 3.63) is 0 Å². The minimum absolute atomic E-state index is 0. The Morgan fingerprint density at radius 2 is 0.372 bits per heavy atom. The Morgan fingerprint density at radius 3 is 0.488 bits per heavy atom. The molecule has 0 aromatic heterocycles. The molecule has 6 fully saturated rings. The molecule has 0 N–H and O–H groups in total. The SMILES string of the molecule is C1CCC(P(C2CCCCC2)C2CCCCC2)CC1.C1CCC(P(C2CCCCC2)C2CCCCC2)CC1.[C]=O.[C]=O.[Ni]. The van der Waals surface area contributed by atoms with E-state index in [0.717, 1.165) is 0 Å². The van der Waals surface area contributed by atoms with Crippen LogP contribution >= 0.6 is 15.8 Å². The van der Waals surface area contributed by atoms with E-state index in [0.29, 0.717) is 15.8 Å². The van der Waals surface area contributed by atoms with Gasteiger partial charge in [-0.05, 0) is 111 Å². The molecule has 5 heteroatoms. The molecule has 6 saturated carbocycles. The third-order valence-electron chi connectivity index (χ3n) is 12.0. The molecule has 0 aliphatic heterocycles. The minimum Gasteiger partial charge on any atom is -0.281 e. The predicted octanol–water partition coefficient (Wildman–Crippen LogP) is 12.1. The van der Waals surface area contributed by atoms with Crippen LogP contribution in [0.2, 0.25) is 0 Å². The van der Waals surface area contributed by atoms with Gasteiger partial charge >= 0.3 is 0 Å². The van der Waals surface area contributed by atoms with Crippen molar-refractivity contribution in [3.63, 3.8) is 0 Å². The van der Waals surface area contributed by atoms with Crippen LogP contribution < -0.4 is 0 Å². The molecule has 0 aromatic rings. The van der Waals surface area contributed by atoms with Crippen LogP contribution in [-0.4, -0.2) is 47.5 Å². The summed E-state index contributed by atoms with van der Waals surface area (Å²) in [6.07, 6.45) is 47.2. The summed E-state index contributed by atoms with van der Waals surface area (Å²) in [5.41, 5.74) is 7.14. The molecule has 0 amide bonds.